The molecule has 2 fully saturated rings. The Kier molecular flexibility index (Phi) is 3.88. The first-order valence-electron chi connectivity index (χ1n) is 8.00. The fourth-order valence-corrected chi connectivity index (χ4v) is 4.41. The van der Waals surface area contributed by atoms with Gasteiger partial charge in [-0.1, -0.05) is 51.0 Å². The first kappa shape index (κ1) is 13.1. The smallest absolute Gasteiger partial charge is 0.0456 e. The molecule has 2 aliphatic carbocycles. The third kappa shape index (κ3) is 2.55. The van der Waals surface area contributed by atoms with Crippen molar-refractivity contribution in [3.63, 3.8) is 0 Å². The second kappa shape index (κ2) is 5.62. The first-order valence-corrected chi connectivity index (χ1v) is 8.00. The molecule has 1 heterocycles. The van der Waals surface area contributed by atoms with E-state index in [1.165, 1.54) is 56.9 Å². The topological polar surface area (TPSA) is 38.9 Å². The van der Waals surface area contributed by atoms with Gasteiger partial charge in [0.2, 0.25) is 0 Å². The van der Waals surface area contributed by atoms with Crippen LogP contribution in [0.1, 0.15) is 63.4 Å². The van der Waals surface area contributed by atoms with E-state index in [1.807, 2.05) is 18.5 Å². The molecule has 0 aliphatic heterocycles. The van der Waals surface area contributed by atoms with Crippen molar-refractivity contribution in [2.24, 2.45) is 17.6 Å². The van der Waals surface area contributed by atoms with E-state index in [4.69, 9.17) is 5.73 Å². The summed E-state index contributed by atoms with van der Waals surface area (Å²) in [6.07, 6.45) is 16.0. The van der Waals surface area contributed by atoms with Gasteiger partial charge in [-0.15, -0.1) is 0 Å². The average Bonchev–Trinajstić information content (AvgIpc) is 2.49. The Hall–Kier alpha value is -0.890. The van der Waals surface area contributed by atoms with Crippen LogP contribution in [0.25, 0.3) is 0 Å². The molecule has 2 nitrogen and oxygen atoms in total. The highest BCUT2D eigenvalue weighted by Gasteiger charge is 2.42. The molecule has 0 amide bonds. The van der Waals surface area contributed by atoms with Crippen molar-refractivity contribution in [2.45, 2.75) is 63.3 Å². The predicted octanol–water partition coefficient (Wildman–Crippen LogP) is 4.01. The minimum Gasteiger partial charge on any atom is -0.321 e. The van der Waals surface area contributed by atoms with E-state index in [2.05, 4.69) is 11.1 Å². The Morgan fingerprint density at radius 3 is 2.58 bits per heavy atom. The molecule has 2 saturated carbocycles. The summed E-state index contributed by atoms with van der Waals surface area (Å²) in [7, 11) is 0. The van der Waals surface area contributed by atoms with Gasteiger partial charge < -0.3 is 5.73 Å². The van der Waals surface area contributed by atoms with Crippen molar-refractivity contribution < 1.29 is 0 Å². The molecular weight excluding hydrogens is 232 g/mol. The Labute approximate surface area is 116 Å². The van der Waals surface area contributed by atoms with Crippen molar-refractivity contribution in [3.8, 4) is 0 Å². The summed E-state index contributed by atoms with van der Waals surface area (Å²) in [6.45, 7) is 0. The molecule has 0 spiro atoms. The highest BCUT2D eigenvalue weighted by atomic mass is 14.8. The lowest BCUT2D eigenvalue weighted by atomic mass is 9.62. The van der Waals surface area contributed by atoms with Crippen LogP contribution in [0.5, 0.6) is 0 Å². The lowest BCUT2D eigenvalue weighted by Crippen LogP contribution is -2.49. The molecule has 2 unspecified atom stereocenters. The van der Waals surface area contributed by atoms with E-state index < -0.39 is 0 Å². The number of pyridine rings is 1. The summed E-state index contributed by atoms with van der Waals surface area (Å²) in [4.78, 5) is 4.30. The summed E-state index contributed by atoms with van der Waals surface area (Å²) in [5.41, 5.74) is 8.07. The number of rotatable bonds is 2. The average molecular weight is 258 g/mol. The lowest BCUT2D eigenvalue weighted by Gasteiger charge is -2.46. The van der Waals surface area contributed by atoms with Crippen molar-refractivity contribution in [1.29, 1.82) is 0 Å². The van der Waals surface area contributed by atoms with Crippen molar-refractivity contribution in [1.82, 2.24) is 4.98 Å². The fraction of sp³-hybridized carbons (Fsp3) is 0.706. The third-order valence-electron chi connectivity index (χ3n) is 5.44. The Bertz CT molecular complexity index is 397. The number of hydrogen-bond acceptors (Lipinski definition) is 2. The van der Waals surface area contributed by atoms with E-state index >= 15 is 0 Å². The highest BCUT2D eigenvalue weighted by Crippen LogP contribution is 2.47. The van der Waals surface area contributed by atoms with Gasteiger partial charge in [-0.05, 0) is 36.3 Å². The normalized spacial score (nSPS) is 33.2. The van der Waals surface area contributed by atoms with Gasteiger partial charge in [0.15, 0.2) is 0 Å². The molecule has 19 heavy (non-hydrogen) atoms. The van der Waals surface area contributed by atoms with E-state index in [1.54, 1.807) is 0 Å². The zero-order valence-electron chi connectivity index (χ0n) is 11.9. The lowest BCUT2D eigenvalue weighted by molar-refractivity contribution is 0.0983. The number of nitrogens with zero attached hydrogens (tertiary/aromatic N) is 1. The summed E-state index contributed by atoms with van der Waals surface area (Å²) >= 11 is 0. The van der Waals surface area contributed by atoms with Gasteiger partial charge >= 0.3 is 0 Å². The van der Waals surface area contributed by atoms with Crippen LogP contribution in [0.4, 0.5) is 0 Å². The molecule has 0 radical (unpaired) electrons. The summed E-state index contributed by atoms with van der Waals surface area (Å²) in [6, 6.07) is 4.23. The van der Waals surface area contributed by atoms with Crippen LogP contribution in [0.2, 0.25) is 0 Å². The number of hydrogen-bond donors (Lipinski definition) is 1. The van der Waals surface area contributed by atoms with Crippen LogP contribution >= 0.6 is 0 Å². The molecule has 2 aliphatic rings. The largest absolute Gasteiger partial charge is 0.321 e. The van der Waals surface area contributed by atoms with Crippen LogP contribution in [0, 0.1) is 11.8 Å². The van der Waals surface area contributed by atoms with Crippen LogP contribution in [0.15, 0.2) is 24.5 Å². The maximum absolute atomic E-state index is 6.92. The van der Waals surface area contributed by atoms with Gasteiger partial charge in [0, 0.05) is 17.9 Å². The second-order valence-corrected chi connectivity index (χ2v) is 6.53. The highest BCUT2D eigenvalue weighted by molar-refractivity contribution is 5.23. The minimum absolute atomic E-state index is 0.117. The summed E-state index contributed by atoms with van der Waals surface area (Å²) in [5, 5.41) is 0. The van der Waals surface area contributed by atoms with Crippen LogP contribution in [0.3, 0.4) is 0 Å². The van der Waals surface area contributed by atoms with Crippen LogP contribution < -0.4 is 5.73 Å². The van der Waals surface area contributed by atoms with Crippen LogP contribution in [-0.2, 0) is 5.54 Å². The molecular formula is C17H26N2. The van der Waals surface area contributed by atoms with E-state index in [-0.39, 0.29) is 5.54 Å². The van der Waals surface area contributed by atoms with Crippen molar-refractivity contribution in [2.75, 3.05) is 0 Å². The van der Waals surface area contributed by atoms with Crippen molar-refractivity contribution in [3.05, 3.63) is 30.1 Å². The molecule has 3 rings (SSSR count). The van der Waals surface area contributed by atoms with Gasteiger partial charge in [-0.25, -0.2) is 0 Å². The fourth-order valence-electron chi connectivity index (χ4n) is 4.41. The SMILES string of the molecule is NC1(c2cccnc2)CCCCC1C1CCCCC1. The molecule has 0 bridgehead atoms. The summed E-state index contributed by atoms with van der Waals surface area (Å²) in [5.74, 6) is 1.52. The zero-order valence-corrected chi connectivity index (χ0v) is 11.9. The molecule has 2 N–H and O–H groups in total. The van der Waals surface area contributed by atoms with E-state index in [9.17, 15) is 0 Å². The van der Waals surface area contributed by atoms with Crippen LogP contribution in [-0.4, -0.2) is 4.98 Å². The second-order valence-electron chi connectivity index (χ2n) is 6.53. The molecule has 104 valence electrons. The van der Waals surface area contributed by atoms with Gasteiger partial charge in [-0.3, -0.25) is 4.98 Å². The van der Waals surface area contributed by atoms with E-state index in [0.717, 1.165) is 12.3 Å². The molecule has 1 aromatic heterocycles. The monoisotopic (exact) mass is 258 g/mol. The van der Waals surface area contributed by atoms with Gasteiger partial charge in [0.25, 0.3) is 0 Å². The Morgan fingerprint density at radius 2 is 1.84 bits per heavy atom. The number of nitrogens with two attached hydrogens (primary N) is 1. The maximum atomic E-state index is 6.92. The number of aromatic nitrogens is 1. The van der Waals surface area contributed by atoms with E-state index in [0.29, 0.717) is 5.92 Å². The summed E-state index contributed by atoms with van der Waals surface area (Å²) < 4.78 is 0. The Morgan fingerprint density at radius 1 is 1.05 bits per heavy atom. The standard InChI is InChI=1S/C17H26N2/c18-17(15-9-6-12-19-13-15)11-5-4-10-16(17)14-7-2-1-3-8-14/h6,9,12-14,16H,1-5,7-8,10-11,18H2. The Balaban J connectivity index is 1.87. The first-order chi connectivity index (χ1) is 9.31. The van der Waals surface area contributed by atoms with Gasteiger partial charge in [0.05, 0.1) is 0 Å². The molecule has 1 aromatic rings. The quantitative estimate of drug-likeness (QED) is 0.870. The maximum Gasteiger partial charge on any atom is 0.0456 e. The molecule has 2 heteroatoms. The molecule has 2 atom stereocenters. The third-order valence-corrected chi connectivity index (χ3v) is 5.44. The van der Waals surface area contributed by atoms with Crippen molar-refractivity contribution >= 4 is 0 Å². The minimum atomic E-state index is -0.117. The zero-order chi connectivity index (χ0) is 13.1. The molecule has 0 saturated heterocycles. The van der Waals surface area contributed by atoms with Gasteiger partial charge in [0.1, 0.15) is 0 Å². The molecule has 0 aromatic carbocycles. The predicted molar refractivity (Wildman–Crippen MR) is 78.6 cm³/mol. The van der Waals surface area contributed by atoms with Gasteiger partial charge in [-0.2, -0.15) is 0 Å².